The number of amides is 7. The molecule has 6 N–H and O–H groups in total. The van der Waals surface area contributed by atoms with Gasteiger partial charge in [0.2, 0.25) is 11.8 Å². The normalized spacial score (nSPS) is 16.3. The Morgan fingerprint density at radius 3 is 2.28 bits per heavy atom. The minimum absolute atomic E-state index is 0.184. The third kappa shape index (κ3) is 11.4. The molecule has 8 rings (SSSR count). The molecular weight excluding hydrogens is 947 g/mol. The first-order valence-electron chi connectivity index (χ1n) is 23.4. The number of alkyl halides is 1. The van der Waals surface area contributed by atoms with Crippen LogP contribution in [0.1, 0.15) is 71.4 Å². The Labute approximate surface area is 407 Å². The van der Waals surface area contributed by atoms with Crippen molar-refractivity contribution < 1.29 is 38.3 Å². The molecule has 1 saturated heterocycles. The fraction of sp³-hybridized carbons (Fsp3) is 0.353. The number of aromatic nitrogens is 1. The zero-order chi connectivity index (χ0) is 48.6. The number of hydrogen-bond donors (Lipinski definition) is 5. The van der Waals surface area contributed by atoms with Crippen molar-refractivity contribution in [2.75, 3.05) is 67.2 Å². The highest BCUT2D eigenvalue weighted by Gasteiger charge is 2.37. The van der Waals surface area contributed by atoms with Crippen LogP contribution in [-0.2, 0) is 25.6 Å². The number of imide groups is 1. The lowest BCUT2D eigenvalue weighted by Crippen LogP contribution is -2.48. The lowest BCUT2D eigenvalue weighted by atomic mass is 10.0. The Bertz CT molecular complexity index is 2780. The number of piperazine rings is 1. The number of likely N-dealkylation sites (N-methyl/N-ethyl adjacent to an activating group) is 1. The summed E-state index contributed by atoms with van der Waals surface area (Å²) >= 11 is 3.65. The van der Waals surface area contributed by atoms with Gasteiger partial charge in [0.1, 0.15) is 17.5 Å². The topological polar surface area (TPSA) is 220 Å². The van der Waals surface area contributed by atoms with Crippen LogP contribution in [0, 0.1) is 0 Å². The van der Waals surface area contributed by atoms with Gasteiger partial charge >= 0.3 is 6.09 Å². The van der Waals surface area contributed by atoms with Crippen molar-refractivity contribution in [2.45, 2.75) is 63.5 Å². The maximum atomic E-state index is 14.5. The third-order valence-electron chi connectivity index (χ3n) is 12.8. The monoisotopic (exact) mass is 1000 g/mol. The van der Waals surface area contributed by atoms with Crippen molar-refractivity contribution >= 4 is 96.2 Å². The zero-order valence-corrected chi connectivity index (χ0v) is 40.0. The van der Waals surface area contributed by atoms with Crippen LogP contribution in [0.5, 0.6) is 5.75 Å². The van der Waals surface area contributed by atoms with Gasteiger partial charge in [0, 0.05) is 95.9 Å². The van der Waals surface area contributed by atoms with Crippen molar-refractivity contribution in [1.29, 1.82) is 0 Å². The third-order valence-corrected chi connectivity index (χ3v) is 13.6. The Balaban J connectivity index is 0.888. The van der Waals surface area contributed by atoms with E-state index in [9.17, 15) is 33.6 Å². The van der Waals surface area contributed by atoms with E-state index in [0.29, 0.717) is 121 Å². The van der Waals surface area contributed by atoms with Gasteiger partial charge < -0.3 is 46.1 Å². The number of benzene rings is 4. The van der Waals surface area contributed by atoms with E-state index in [1.54, 1.807) is 58.3 Å². The number of H-pyrrole nitrogens is 1. The quantitative estimate of drug-likeness (QED) is 0.0374. The molecule has 3 aliphatic rings. The van der Waals surface area contributed by atoms with Crippen molar-refractivity contribution in [3.05, 3.63) is 108 Å². The molecule has 4 aromatic carbocycles. The average Bonchev–Trinajstić information content (AvgIpc) is 4.05. The molecule has 1 aromatic heterocycles. The molecule has 2 atom stereocenters. The van der Waals surface area contributed by atoms with Gasteiger partial charge in [-0.15, -0.1) is 0 Å². The lowest BCUT2D eigenvalue weighted by Gasteiger charge is -2.31. The molecule has 0 aliphatic carbocycles. The molecule has 0 radical (unpaired) electrons. The number of fused-ring (bicyclic) bond motifs is 4. The molecule has 7 amide bonds. The Kier molecular flexibility index (Phi) is 15.5. The van der Waals surface area contributed by atoms with E-state index in [2.05, 4.69) is 41.8 Å². The van der Waals surface area contributed by atoms with Crippen LogP contribution in [0.15, 0.2) is 91.0 Å². The van der Waals surface area contributed by atoms with Crippen LogP contribution in [0.4, 0.5) is 21.9 Å². The number of carbonyl (C=O) groups is 7. The van der Waals surface area contributed by atoms with Crippen LogP contribution in [0.3, 0.4) is 0 Å². The molecule has 18 heteroatoms. The van der Waals surface area contributed by atoms with E-state index in [0.717, 1.165) is 29.4 Å². The first-order valence-corrected chi connectivity index (χ1v) is 24.5. The predicted molar refractivity (Wildman–Crippen MR) is 268 cm³/mol. The van der Waals surface area contributed by atoms with Crippen LogP contribution in [0.2, 0.25) is 0 Å². The fourth-order valence-corrected chi connectivity index (χ4v) is 9.50. The molecule has 0 saturated carbocycles. The van der Waals surface area contributed by atoms with Gasteiger partial charge in [-0.25, -0.2) is 4.79 Å². The zero-order valence-electron chi connectivity index (χ0n) is 38.4. The van der Waals surface area contributed by atoms with Crippen molar-refractivity contribution in [3.8, 4) is 5.75 Å². The SMILES string of the molecule is CN1CCN(C(=O)Oc2cc3c(c4ccccc24)C[C@@H](CBr)N3C(=O)c2cc3cc(NC(=O)c4ccc(NC(=O)[C@H](CCCCN)NC(=O)CCCCCN5C(=O)C=CC5=O)cc4)ccc3[nH]2)CC1. The number of hydrogen-bond acceptors (Lipinski definition) is 10. The number of ether oxygens (including phenoxy) is 1. The predicted octanol–water partition coefficient (Wildman–Crippen LogP) is 6.32. The summed E-state index contributed by atoms with van der Waals surface area (Å²) in [5.41, 5.74) is 9.72. The number of halogens is 1. The van der Waals surface area contributed by atoms with Crippen LogP contribution in [0.25, 0.3) is 21.7 Å². The molecule has 17 nitrogen and oxygen atoms in total. The second-order valence-corrected chi connectivity index (χ2v) is 18.3. The van der Waals surface area contributed by atoms with Crippen molar-refractivity contribution in [3.63, 3.8) is 0 Å². The van der Waals surface area contributed by atoms with Gasteiger partial charge in [-0.2, -0.15) is 0 Å². The van der Waals surface area contributed by atoms with Crippen molar-refractivity contribution in [2.24, 2.45) is 5.73 Å². The molecule has 360 valence electrons. The van der Waals surface area contributed by atoms with Gasteiger partial charge in [-0.3, -0.25) is 33.7 Å². The molecule has 69 heavy (non-hydrogen) atoms. The number of anilines is 3. The van der Waals surface area contributed by atoms with Gasteiger partial charge in [0.05, 0.1) is 11.7 Å². The second-order valence-electron chi connectivity index (χ2n) is 17.6. The summed E-state index contributed by atoms with van der Waals surface area (Å²) in [6.07, 6.45) is 6.30. The second kappa shape index (κ2) is 22.0. The minimum atomic E-state index is -0.800. The number of nitrogens with two attached hydrogens (primary N) is 1. The van der Waals surface area contributed by atoms with Crippen LogP contribution < -0.4 is 31.3 Å². The number of rotatable bonds is 18. The van der Waals surface area contributed by atoms with Gasteiger partial charge in [-0.05, 0) is 112 Å². The van der Waals surface area contributed by atoms with Gasteiger partial charge in [0.15, 0.2) is 0 Å². The highest BCUT2D eigenvalue weighted by Crippen LogP contribution is 2.43. The first-order chi connectivity index (χ1) is 33.4. The van der Waals surface area contributed by atoms with E-state index in [1.165, 1.54) is 17.1 Å². The minimum Gasteiger partial charge on any atom is -0.409 e. The molecule has 5 aromatic rings. The molecule has 0 spiro atoms. The highest BCUT2D eigenvalue weighted by molar-refractivity contribution is 9.09. The fourth-order valence-electron chi connectivity index (χ4n) is 8.98. The molecule has 1 fully saturated rings. The number of aromatic amines is 1. The number of nitrogens with one attached hydrogen (secondary N) is 4. The maximum Gasteiger partial charge on any atom is 0.415 e. The Morgan fingerprint density at radius 1 is 0.826 bits per heavy atom. The van der Waals surface area contributed by atoms with Gasteiger partial charge in [0.25, 0.3) is 23.6 Å². The summed E-state index contributed by atoms with van der Waals surface area (Å²) in [6.45, 7) is 3.39. The number of unbranched alkanes of at least 4 members (excludes halogenated alkanes) is 3. The largest absolute Gasteiger partial charge is 0.415 e. The van der Waals surface area contributed by atoms with E-state index in [1.807, 2.05) is 37.4 Å². The number of nitrogens with zero attached hydrogens (tertiary/aromatic N) is 4. The summed E-state index contributed by atoms with van der Waals surface area (Å²) in [4.78, 5) is 101. The Morgan fingerprint density at radius 2 is 1.55 bits per heavy atom. The van der Waals surface area contributed by atoms with E-state index in [-0.39, 0.29) is 42.0 Å². The molecule has 3 aliphatic heterocycles. The Hall–Kier alpha value is -6.89. The summed E-state index contributed by atoms with van der Waals surface area (Å²) in [6, 6.07) is 22.1. The average molecular weight is 1000 g/mol. The molecule has 4 heterocycles. The highest BCUT2D eigenvalue weighted by atomic mass is 79.9. The van der Waals surface area contributed by atoms with Gasteiger partial charge in [-0.1, -0.05) is 46.6 Å². The summed E-state index contributed by atoms with van der Waals surface area (Å²) in [7, 11) is 2.02. The first kappa shape index (κ1) is 48.6. The van der Waals surface area contributed by atoms with Crippen LogP contribution in [-0.4, -0.2) is 125 Å². The molecule has 0 bridgehead atoms. The number of carbonyl (C=O) groups excluding carboxylic acids is 7. The van der Waals surface area contributed by atoms with Crippen LogP contribution >= 0.6 is 15.9 Å². The van der Waals surface area contributed by atoms with E-state index < -0.39 is 18.0 Å². The smallest absolute Gasteiger partial charge is 0.409 e. The van der Waals surface area contributed by atoms with Crippen molar-refractivity contribution in [1.82, 2.24) is 25.0 Å². The summed E-state index contributed by atoms with van der Waals surface area (Å²) in [5, 5.41) is 11.6. The molecule has 0 unspecified atom stereocenters. The maximum absolute atomic E-state index is 14.5. The van der Waals surface area contributed by atoms with E-state index >= 15 is 0 Å². The standard InChI is InChI=1S/C51H56BrN9O8/c1-58-23-25-59(26-24-58)51(68)69-44-30-43-39(37-9-4-5-10-38(37)44)29-36(31-52)61(43)50(67)42-28-33-27-35(17-18-40(33)56-42)55-48(65)32-13-15-34(16-14-32)54-49(66)41(11-6-7-21-53)57-45(62)12-3-2-8-22-60-46(63)19-20-47(60)64/h4-5,9-10,13-20,27-28,30,36,41,56H,2-3,6-8,11-12,21-26,29,31,53H2,1H3,(H,54,66)(H,55,65)(H,57,62)/t36-,41-/m0/s1. The lowest BCUT2D eigenvalue weighted by molar-refractivity contribution is -0.137. The summed E-state index contributed by atoms with van der Waals surface area (Å²) in [5.74, 6) is -1.58. The summed E-state index contributed by atoms with van der Waals surface area (Å²) < 4.78 is 6.07. The molecular formula is C51H56BrN9O8. The van der Waals surface area contributed by atoms with E-state index in [4.69, 9.17) is 10.5 Å².